The van der Waals surface area contributed by atoms with Gasteiger partial charge in [-0.3, -0.25) is 0 Å². The van der Waals surface area contributed by atoms with Gasteiger partial charge in [-0.05, 0) is 24.3 Å². The second-order valence-corrected chi connectivity index (χ2v) is 9.58. The number of hydrogen-bond donors (Lipinski definition) is 0. The van der Waals surface area contributed by atoms with Crippen LogP contribution in [0.15, 0.2) is 69.4 Å². The molecule has 0 aliphatic rings. The zero-order valence-corrected chi connectivity index (χ0v) is 16.0. The predicted molar refractivity (Wildman–Crippen MR) is 110 cm³/mol. The van der Waals surface area contributed by atoms with E-state index in [0.717, 1.165) is 31.2 Å². The molecule has 0 saturated carbocycles. The maximum Gasteiger partial charge on any atom is 0.151 e. The van der Waals surface area contributed by atoms with Crippen molar-refractivity contribution in [1.82, 2.24) is 9.97 Å². The molecule has 4 aromatic rings. The first-order chi connectivity index (χ1) is 11.9. The summed E-state index contributed by atoms with van der Waals surface area (Å²) in [6.07, 6.45) is 4.44. The van der Waals surface area contributed by atoms with E-state index >= 15 is 0 Å². The molecule has 0 saturated heterocycles. The smallest absolute Gasteiger partial charge is 0.151 e. The van der Waals surface area contributed by atoms with Crippen LogP contribution in [0.2, 0.25) is 0 Å². The first-order valence-electron chi connectivity index (χ1n) is 7.50. The van der Waals surface area contributed by atoms with Crippen LogP contribution in [-0.2, 0) is 0 Å². The topological polar surface area (TPSA) is 25.8 Å². The summed E-state index contributed by atoms with van der Waals surface area (Å²) in [6.45, 7) is 0. The van der Waals surface area contributed by atoms with Crippen LogP contribution in [-0.4, -0.2) is 21.5 Å². The monoisotopic (exact) mass is 386 g/mol. The molecule has 4 rings (SSSR count). The molecule has 0 amide bonds. The van der Waals surface area contributed by atoms with E-state index in [1.807, 2.05) is 12.1 Å². The van der Waals surface area contributed by atoms with Crippen molar-refractivity contribution >= 4 is 66.6 Å². The molecule has 0 unspecified atom stereocenters. The molecule has 2 aromatic heterocycles. The fraction of sp³-hybridized carbons (Fsp3) is 0.111. The number of thioether (sulfide) groups is 2. The Morgan fingerprint density at radius 3 is 1.62 bits per heavy atom. The first-order valence-corrected chi connectivity index (χ1v) is 11.1. The maximum absolute atomic E-state index is 4.64. The van der Waals surface area contributed by atoms with Crippen LogP contribution in [0.25, 0.3) is 20.4 Å². The standard InChI is InChI=1S/C18H14N2S4/c1-3-9-15-13(7-1)19-17(23-15)21-11-5-6-12-22-18-20-14-8-2-4-10-16(14)24-18/h1-10H,11-12H2/b6-5+. The number of benzene rings is 2. The molecule has 0 bridgehead atoms. The number of aromatic nitrogens is 2. The van der Waals surface area contributed by atoms with Gasteiger partial charge in [-0.15, -0.1) is 22.7 Å². The zero-order chi connectivity index (χ0) is 16.2. The number of thiazole rings is 2. The number of rotatable bonds is 6. The third-order valence-electron chi connectivity index (χ3n) is 3.32. The Labute approximate surface area is 157 Å². The first kappa shape index (κ1) is 16.1. The molecule has 0 radical (unpaired) electrons. The molecule has 0 aliphatic carbocycles. The lowest BCUT2D eigenvalue weighted by Crippen LogP contribution is -1.75. The van der Waals surface area contributed by atoms with Gasteiger partial charge >= 0.3 is 0 Å². The minimum atomic E-state index is 0.959. The SMILES string of the molecule is C(=C\CSc1nc2ccccc2s1)/CSc1nc2ccccc2s1. The number of hydrogen-bond acceptors (Lipinski definition) is 6. The number of nitrogens with zero attached hydrogens (tertiary/aromatic N) is 2. The van der Waals surface area contributed by atoms with Crippen molar-refractivity contribution in [3.63, 3.8) is 0 Å². The lowest BCUT2D eigenvalue weighted by molar-refractivity contribution is 1.30. The third-order valence-corrected chi connectivity index (χ3v) is 7.59. The van der Waals surface area contributed by atoms with Crippen LogP contribution in [0.5, 0.6) is 0 Å². The van der Waals surface area contributed by atoms with Crippen LogP contribution in [0, 0.1) is 0 Å². The fourth-order valence-corrected chi connectivity index (χ4v) is 6.09. The summed E-state index contributed by atoms with van der Waals surface area (Å²) in [5.41, 5.74) is 2.20. The predicted octanol–water partition coefficient (Wildman–Crippen LogP) is 6.35. The highest BCUT2D eigenvalue weighted by Gasteiger charge is 2.03. The van der Waals surface area contributed by atoms with Crippen molar-refractivity contribution in [2.45, 2.75) is 8.68 Å². The molecule has 2 heterocycles. The maximum atomic E-state index is 4.64. The van der Waals surface area contributed by atoms with Gasteiger partial charge in [0.15, 0.2) is 8.68 Å². The van der Waals surface area contributed by atoms with Gasteiger partial charge in [0.2, 0.25) is 0 Å². The van der Waals surface area contributed by atoms with Gasteiger partial charge in [-0.2, -0.15) is 0 Å². The van der Waals surface area contributed by atoms with E-state index in [1.165, 1.54) is 9.40 Å². The van der Waals surface area contributed by atoms with Crippen molar-refractivity contribution in [1.29, 1.82) is 0 Å². The molecule has 0 spiro atoms. The average Bonchev–Trinajstić information content (AvgIpc) is 3.20. The molecule has 0 aliphatic heterocycles. The Kier molecular flexibility index (Phi) is 5.18. The summed E-state index contributed by atoms with van der Waals surface area (Å²) >= 11 is 7.12. The van der Waals surface area contributed by atoms with Crippen LogP contribution in [0.3, 0.4) is 0 Å². The highest BCUT2D eigenvalue weighted by atomic mass is 32.2. The van der Waals surface area contributed by atoms with Gasteiger partial charge in [-0.1, -0.05) is 59.9 Å². The van der Waals surface area contributed by atoms with Crippen LogP contribution >= 0.6 is 46.2 Å². The third kappa shape index (κ3) is 3.83. The van der Waals surface area contributed by atoms with Gasteiger partial charge in [0.25, 0.3) is 0 Å². The molecule has 2 nitrogen and oxygen atoms in total. The highest BCUT2D eigenvalue weighted by molar-refractivity contribution is 8.01. The lowest BCUT2D eigenvalue weighted by Gasteiger charge is -1.91. The highest BCUT2D eigenvalue weighted by Crippen LogP contribution is 2.30. The minimum Gasteiger partial charge on any atom is -0.230 e. The molecule has 6 heteroatoms. The Hall–Kier alpha value is -1.34. The van der Waals surface area contributed by atoms with E-state index in [1.54, 1.807) is 46.2 Å². The summed E-state index contributed by atoms with van der Waals surface area (Å²) in [5, 5.41) is 0. The lowest BCUT2D eigenvalue weighted by atomic mass is 10.3. The van der Waals surface area contributed by atoms with Crippen molar-refractivity contribution in [3.8, 4) is 0 Å². The second-order valence-electron chi connectivity index (χ2n) is 4.99. The molecular weight excluding hydrogens is 372 g/mol. The number of fused-ring (bicyclic) bond motifs is 2. The van der Waals surface area contributed by atoms with E-state index in [-0.39, 0.29) is 0 Å². The van der Waals surface area contributed by atoms with Crippen LogP contribution in [0.1, 0.15) is 0 Å². The molecular formula is C18H14N2S4. The quantitative estimate of drug-likeness (QED) is 0.285. The van der Waals surface area contributed by atoms with E-state index < -0.39 is 0 Å². The summed E-state index contributed by atoms with van der Waals surface area (Å²) < 4.78 is 4.80. The summed E-state index contributed by atoms with van der Waals surface area (Å²) in [7, 11) is 0. The van der Waals surface area contributed by atoms with Crippen molar-refractivity contribution in [2.75, 3.05) is 11.5 Å². The van der Waals surface area contributed by atoms with Gasteiger partial charge < -0.3 is 0 Å². The Morgan fingerprint density at radius 1 is 0.708 bits per heavy atom. The second kappa shape index (κ2) is 7.70. The average molecular weight is 387 g/mol. The van der Waals surface area contributed by atoms with Gasteiger partial charge in [0.05, 0.1) is 20.4 Å². The molecule has 120 valence electrons. The van der Waals surface area contributed by atoms with Gasteiger partial charge in [0, 0.05) is 11.5 Å². The molecule has 0 atom stereocenters. The minimum absolute atomic E-state index is 0.959. The molecule has 24 heavy (non-hydrogen) atoms. The summed E-state index contributed by atoms with van der Waals surface area (Å²) in [4.78, 5) is 9.27. The molecule has 0 N–H and O–H groups in total. The Balaban J connectivity index is 1.27. The van der Waals surface area contributed by atoms with Gasteiger partial charge in [-0.25, -0.2) is 9.97 Å². The zero-order valence-electron chi connectivity index (χ0n) is 12.7. The van der Waals surface area contributed by atoms with Crippen molar-refractivity contribution in [3.05, 3.63) is 60.7 Å². The van der Waals surface area contributed by atoms with E-state index in [9.17, 15) is 0 Å². The summed E-state index contributed by atoms with van der Waals surface area (Å²) in [6, 6.07) is 16.6. The normalized spacial score (nSPS) is 11.8. The summed E-state index contributed by atoms with van der Waals surface area (Å²) in [5.74, 6) is 1.92. The largest absolute Gasteiger partial charge is 0.230 e. The van der Waals surface area contributed by atoms with Crippen molar-refractivity contribution < 1.29 is 0 Å². The van der Waals surface area contributed by atoms with Crippen LogP contribution < -0.4 is 0 Å². The Morgan fingerprint density at radius 2 is 1.17 bits per heavy atom. The Bertz CT molecular complexity index is 841. The number of para-hydroxylation sites is 2. The van der Waals surface area contributed by atoms with Crippen molar-refractivity contribution in [2.24, 2.45) is 0 Å². The molecule has 2 aromatic carbocycles. The van der Waals surface area contributed by atoms with E-state index in [4.69, 9.17) is 0 Å². The molecule has 0 fully saturated rings. The van der Waals surface area contributed by atoms with Crippen LogP contribution in [0.4, 0.5) is 0 Å². The van der Waals surface area contributed by atoms with Gasteiger partial charge in [0.1, 0.15) is 0 Å². The fourth-order valence-electron chi connectivity index (χ4n) is 2.20. The van der Waals surface area contributed by atoms with E-state index in [0.29, 0.717) is 0 Å². The van der Waals surface area contributed by atoms with E-state index in [2.05, 4.69) is 58.5 Å².